The molecule has 1 aliphatic heterocycles. The van der Waals surface area contributed by atoms with Crippen LogP contribution in [0.1, 0.15) is 29.4 Å². The number of benzene rings is 2. The van der Waals surface area contributed by atoms with Crippen LogP contribution in [0.3, 0.4) is 0 Å². The zero-order chi connectivity index (χ0) is 28.6. The van der Waals surface area contributed by atoms with E-state index in [-0.39, 0.29) is 28.7 Å². The van der Waals surface area contributed by atoms with Gasteiger partial charge in [0.05, 0.1) is 11.7 Å². The highest BCUT2D eigenvalue weighted by atomic mass is 32.2. The largest absolute Gasteiger partial charge is 0.360 e. The van der Waals surface area contributed by atoms with E-state index in [9.17, 15) is 17.6 Å². The Bertz CT molecular complexity index is 1680. The van der Waals surface area contributed by atoms with E-state index in [2.05, 4.69) is 26.8 Å². The van der Waals surface area contributed by atoms with Crippen LogP contribution in [0.15, 0.2) is 53.7 Å². The summed E-state index contributed by atoms with van der Waals surface area (Å²) in [6.07, 6.45) is 4.94. The van der Waals surface area contributed by atoms with Crippen molar-refractivity contribution in [3.63, 3.8) is 0 Å². The molecule has 0 spiro atoms. The normalized spacial score (nSPS) is 15.9. The van der Waals surface area contributed by atoms with Crippen molar-refractivity contribution in [2.24, 2.45) is 0 Å². The van der Waals surface area contributed by atoms with Gasteiger partial charge in [-0.25, -0.2) is 22.8 Å². The number of H-pyrrole nitrogens is 1. The lowest BCUT2D eigenvalue weighted by Gasteiger charge is -2.35. The highest BCUT2D eigenvalue weighted by molar-refractivity contribution is 7.90. The predicted octanol–water partition coefficient (Wildman–Crippen LogP) is 3.81. The molecule has 1 N–H and O–H groups in total. The molecule has 3 heterocycles. The summed E-state index contributed by atoms with van der Waals surface area (Å²) >= 11 is 0. The minimum atomic E-state index is -3.70. The van der Waals surface area contributed by atoms with Crippen molar-refractivity contribution in [3.8, 4) is 11.3 Å². The maximum Gasteiger partial charge on any atom is 0.178 e. The van der Waals surface area contributed by atoms with Crippen LogP contribution >= 0.6 is 0 Å². The summed E-state index contributed by atoms with van der Waals surface area (Å²) in [6, 6.07) is 10.1. The van der Waals surface area contributed by atoms with Crippen molar-refractivity contribution in [2.75, 3.05) is 39.5 Å². The fourth-order valence-corrected chi connectivity index (χ4v) is 6.08. The van der Waals surface area contributed by atoms with Gasteiger partial charge in [-0.15, -0.1) is 0 Å². The van der Waals surface area contributed by atoms with Crippen LogP contribution in [0, 0.1) is 12.7 Å². The van der Waals surface area contributed by atoms with E-state index >= 15 is 0 Å². The Morgan fingerprint density at radius 3 is 2.52 bits per heavy atom. The number of fused-ring (bicyclic) bond motifs is 1. The topological polar surface area (TPSA) is 99.3 Å². The van der Waals surface area contributed by atoms with E-state index in [1.165, 1.54) is 12.1 Å². The number of carbonyl (C=O) groups excluding carboxylic acids is 1. The van der Waals surface area contributed by atoms with Crippen LogP contribution in [0.2, 0.25) is 0 Å². The molecular weight excluding hydrogens is 529 g/mol. The van der Waals surface area contributed by atoms with E-state index in [4.69, 9.17) is 4.98 Å². The lowest BCUT2D eigenvalue weighted by atomic mass is 9.99. The van der Waals surface area contributed by atoms with Gasteiger partial charge >= 0.3 is 0 Å². The van der Waals surface area contributed by atoms with Gasteiger partial charge in [-0.1, -0.05) is 30.3 Å². The quantitative estimate of drug-likeness (QED) is 0.348. The van der Waals surface area contributed by atoms with E-state index in [0.717, 1.165) is 60.0 Å². The molecule has 0 saturated carbocycles. The molecular formula is C30H34FN5O3S. The third kappa shape index (κ3) is 5.70. The number of hydrogen-bond donors (Lipinski definition) is 1. The van der Waals surface area contributed by atoms with Gasteiger partial charge in [0.25, 0.3) is 0 Å². The van der Waals surface area contributed by atoms with Crippen LogP contribution in [-0.4, -0.2) is 84.5 Å². The number of para-hydroxylation sites is 1. The second-order valence-electron chi connectivity index (χ2n) is 10.7. The molecule has 1 aliphatic rings. The summed E-state index contributed by atoms with van der Waals surface area (Å²) in [5, 5.41) is 0.940. The second-order valence-corrected chi connectivity index (χ2v) is 12.7. The monoisotopic (exact) mass is 563 g/mol. The Hall–Kier alpha value is -3.47. The van der Waals surface area contributed by atoms with E-state index < -0.39 is 15.7 Å². The first kappa shape index (κ1) is 28.1. The lowest BCUT2D eigenvalue weighted by molar-refractivity contribution is -0.123. The van der Waals surface area contributed by atoms with Crippen molar-refractivity contribution < 1.29 is 17.6 Å². The molecule has 8 nitrogen and oxygen atoms in total. The van der Waals surface area contributed by atoms with Crippen LogP contribution < -0.4 is 0 Å². The highest BCUT2D eigenvalue weighted by Gasteiger charge is 2.25. The molecule has 0 radical (unpaired) electrons. The molecule has 4 aromatic rings. The summed E-state index contributed by atoms with van der Waals surface area (Å²) < 4.78 is 38.9. The molecule has 40 heavy (non-hydrogen) atoms. The third-order valence-corrected chi connectivity index (χ3v) is 8.90. The van der Waals surface area contributed by atoms with Crippen LogP contribution in [-0.2, 0) is 27.5 Å². The minimum absolute atomic E-state index is 0.0504. The van der Waals surface area contributed by atoms with E-state index in [1.807, 2.05) is 38.2 Å². The van der Waals surface area contributed by atoms with Gasteiger partial charge in [-0.2, -0.15) is 0 Å². The van der Waals surface area contributed by atoms with Crippen molar-refractivity contribution in [1.82, 2.24) is 24.8 Å². The van der Waals surface area contributed by atoms with Gasteiger partial charge < -0.3 is 9.88 Å². The number of likely N-dealkylation sites (N-methyl/N-ethyl adjacent to an activating group) is 1. The summed E-state index contributed by atoms with van der Waals surface area (Å²) in [6.45, 7) is 7.60. The number of rotatable bonds is 8. The first-order valence-corrected chi connectivity index (χ1v) is 15.3. The Balaban J connectivity index is 1.42. The number of aromatic nitrogens is 3. The number of halogens is 1. The summed E-state index contributed by atoms with van der Waals surface area (Å²) in [4.78, 5) is 29.9. The van der Waals surface area contributed by atoms with Crippen molar-refractivity contribution >= 4 is 26.5 Å². The first-order valence-electron chi connectivity index (χ1n) is 13.4. The van der Waals surface area contributed by atoms with Crippen molar-refractivity contribution in [1.29, 1.82) is 0 Å². The number of nitrogens with zero attached hydrogens (tertiary/aromatic N) is 4. The zero-order valence-electron chi connectivity index (χ0n) is 23.2. The summed E-state index contributed by atoms with van der Waals surface area (Å²) in [5.41, 5.74) is 4.45. The smallest absolute Gasteiger partial charge is 0.178 e. The Kier molecular flexibility index (Phi) is 7.85. The molecule has 210 valence electrons. The minimum Gasteiger partial charge on any atom is -0.360 e. The number of hydrogen-bond acceptors (Lipinski definition) is 7. The van der Waals surface area contributed by atoms with Gasteiger partial charge in [0.1, 0.15) is 16.5 Å². The van der Waals surface area contributed by atoms with Crippen molar-refractivity contribution in [3.05, 3.63) is 77.1 Å². The number of ketones is 1. The van der Waals surface area contributed by atoms with Gasteiger partial charge in [-0.3, -0.25) is 9.69 Å². The zero-order valence-corrected chi connectivity index (χ0v) is 24.1. The second kappa shape index (κ2) is 11.2. The van der Waals surface area contributed by atoms with Gasteiger partial charge in [0, 0.05) is 74.1 Å². The first-order chi connectivity index (χ1) is 19.0. The maximum atomic E-state index is 15.0. The molecule has 0 aliphatic carbocycles. The van der Waals surface area contributed by atoms with Gasteiger partial charge in [0.2, 0.25) is 0 Å². The SMILES string of the molecule is Cc1cnc(Cc2cccc(S(C)(=O)=O)c2F)nc1-c1c[nH]c2c(CC(=O)[C@@H](C)N3CCN(C)CC3)cccc12. The Morgan fingerprint density at radius 2 is 1.80 bits per heavy atom. The summed E-state index contributed by atoms with van der Waals surface area (Å²) in [5.74, 6) is -0.207. The lowest BCUT2D eigenvalue weighted by Crippen LogP contribution is -2.50. The number of carbonyl (C=O) groups is 1. The molecule has 1 atom stereocenters. The molecule has 0 bridgehead atoms. The fraction of sp³-hybridized carbons (Fsp3) is 0.367. The standard InChI is InChI=1S/C30H34FN5O3S/c1-19-17-32-27(16-21-7-6-10-26(28(21)31)40(4,38)39)34-29(19)24-18-33-30-22(8-5-9-23(24)30)15-25(37)20(2)36-13-11-35(3)12-14-36/h5-10,17-18,20,33H,11-16H2,1-4H3/t20-/m1/s1. The average Bonchev–Trinajstić information content (AvgIpc) is 3.35. The van der Waals surface area contributed by atoms with Gasteiger partial charge in [-0.05, 0) is 43.7 Å². The predicted molar refractivity (Wildman–Crippen MR) is 154 cm³/mol. The number of aryl methyl sites for hydroxylation is 1. The number of piperazine rings is 1. The number of aromatic amines is 1. The molecule has 5 rings (SSSR count). The maximum absolute atomic E-state index is 15.0. The summed E-state index contributed by atoms with van der Waals surface area (Å²) in [7, 11) is -1.60. The molecule has 1 fully saturated rings. The third-order valence-electron chi connectivity index (χ3n) is 7.79. The van der Waals surface area contributed by atoms with E-state index in [0.29, 0.717) is 17.9 Å². The average molecular weight is 564 g/mol. The number of nitrogens with one attached hydrogen (secondary N) is 1. The van der Waals surface area contributed by atoms with Crippen LogP contribution in [0.4, 0.5) is 4.39 Å². The molecule has 0 unspecified atom stereocenters. The molecule has 1 saturated heterocycles. The highest BCUT2D eigenvalue weighted by Crippen LogP contribution is 2.32. The molecule has 2 aromatic carbocycles. The number of Topliss-reactive ketones (excluding diaryl/α,β-unsaturated/α-hetero) is 1. The Morgan fingerprint density at radius 1 is 1.10 bits per heavy atom. The number of sulfone groups is 1. The van der Waals surface area contributed by atoms with Crippen LogP contribution in [0.25, 0.3) is 22.2 Å². The van der Waals surface area contributed by atoms with Gasteiger partial charge in [0.15, 0.2) is 15.6 Å². The Labute approximate surface area is 234 Å². The molecule has 10 heteroatoms. The fourth-order valence-electron chi connectivity index (χ4n) is 5.29. The van der Waals surface area contributed by atoms with Crippen molar-refractivity contribution in [2.45, 2.75) is 37.6 Å². The van der Waals surface area contributed by atoms with E-state index in [1.54, 1.807) is 12.3 Å². The molecule has 0 amide bonds. The van der Waals surface area contributed by atoms with Crippen LogP contribution in [0.5, 0.6) is 0 Å². The molecule has 2 aromatic heterocycles.